The smallest absolute Gasteiger partial charge is 0.381 e. The van der Waals surface area contributed by atoms with E-state index < -0.39 is 35.2 Å². The number of amides is 1. The standard InChI is InChI=1S/C23H21F3N8O4/c1-12(34-11-29-18-17(34)20(36)33(22(37)32(18)2)8-13-9-38-10-13)19(35)31-16-5-3-4-15(30-16)14-6-27-21(28-7-14)23(24,25)26/h3-7,11-13H,8-10H2,1-2H3,(H,30,31,35). The molecule has 1 amide bonds. The Morgan fingerprint density at radius 3 is 2.53 bits per heavy atom. The van der Waals surface area contributed by atoms with Gasteiger partial charge in [0, 0.05) is 37.5 Å². The molecule has 0 spiro atoms. The predicted molar refractivity (Wildman–Crippen MR) is 127 cm³/mol. The second-order valence-electron chi connectivity index (χ2n) is 8.85. The highest BCUT2D eigenvalue weighted by Crippen LogP contribution is 2.27. The Kier molecular flexibility index (Phi) is 6.30. The summed E-state index contributed by atoms with van der Waals surface area (Å²) < 4.78 is 47.1. The number of carbonyl (C=O) groups is 1. The third-order valence-electron chi connectivity index (χ3n) is 6.20. The predicted octanol–water partition coefficient (Wildman–Crippen LogP) is 1.61. The summed E-state index contributed by atoms with van der Waals surface area (Å²) in [5.74, 6) is -1.64. The lowest BCUT2D eigenvalue weighted by molar-refractivity contribution is -0.145. The van der Waals surface area contributed by atoms with Gasteiger partial charge in [-0.1, -0.05) is 6.07 Å². The van der Waals surface area contributed by atoms with Crippen LogP contribution in [0.1, 0.15) is 18.8 Å². The van der Waals surface area contributed by atoms with Crippen LogP contribution in [0.5, 0.6) is 0 Å². The third kappa shape index (κ3) is 4.55. The van der Waals surface area contributed by atoms with E-state index in [1.165, 1.54) is 34.6 Å². The fraction of sp³-hybridized carbons (Fsp3) is 0.348. The molecule has 198 valence electrons. The van der Waals surface area contributed by atoms with Gasteiger partial charge in [-0.3, -0.25) is 18.7 Å². The number of hydrogen-bond acceptors (Lipinski definition) is 8. The van der Waals surface area contributed by atoms with Crippen molar-refractivity contribution < 1.29 is 22.7 Å². The van der Waals surface area contributed by atoms with Crippen molar-refractivity contribution in [2.45, 2.75) is 25.7 Å². The summed E-state index contributed by atoms with van der Waals surface area (Å²) in [6.07, 6.45) is -1.36. The molecule has 4 aromatic rings. The molecule has 0 aromatic carbocycles. The second kappa shape index (κ2) is 9.48. The van der Waals surface area contributed by atoms with E-state index in [4.69, 9.17) is 4.74 Å². The Hall–Kier alpha value is -4.40. The van der Waals surface area contributed by atoms with E-state index in [-0.39, 0.29) is 40.7 Å². The molecule has 0 radical (unpaired) electrons. The van der Waals surface area contributed by atoms with Gasteiger partial charge in [-0.05, 0) is 19.1 Å². The molecule has 0 saturated carbocycles. The van der Waals surface area contributed by atoms with Crippen LogP contribution in [0.4, 0.5) is 19.0 Å². The quantitative estimate of drug-likeness (QED) is 0.397. The van der Waals surface area contributed by atoms with E-state index in [1.54, 1.807) is 13.0 Å². The van der Waals surface area contributed by atoms with Gasteiger partial charge in [-0.25, -0.2) is 24.7 Å². The SMILES string of the molecule is CC(C(=O)Nc1cccc(-c2cnc(C(F)(F)F)nc2)n1)n1cnc2c1c(=O)n(CC1COC1)c(=O)n2C. The fourth-order valence-corrected chi connectivity index (χ4v) is 4.02. The van der Waals surface area contributed by atoms with Crippen molar-refractivity contribution in [1.82, 2.24) is 33.6 Å². The highest BCUT2D eigenvalue weighted by atomic mass is 19.4. The first-order valence-corrected chi connectivity index (χ1v) is 11.5. The Bertz CT molecular complexity index is 1640. The highest BCUT2D eigenvalue weighted by molar-refractivity contribution is 5.93. The summed E-state index contributed by atoms with van der Waals surface area (Å²) >= 11 is 0. The summed E-state index contributed by atoms with van der Waals surface area (Å²) in [5, 5.41) is 2.64. The van der Waals surface area contributed by atoms with Crippen molar-refractivity contribution in [3.63, 3.8) is 0 Å². The number of aryl methyl sites for hydroxylation is 1. The summed E-state index contributed by atoms with van der Waals surface area (Å²) in [4.78, 5) is 54.2. The minimum atomic E-state index is -4.67. The van der Waals surface area contributed by atoms with Crippen molar-refractivity contribution in [3.8, 4) is 11.3 Å². The first-order chi connectivity index (χ1) is 18.0. The van der Waals surface area contributed by atoms with Gasteiger partial charge < -0.3 is 14.6 Å². The maximum absolute atomic E-state index is 13.3. The zero-order valence-electron chi connectivity index (χ0n) is 20.1. The number of alkyl halides is 3. The molecule has 5 heterocycles. The third-order valence-corrected chi connectivity index (χ3v) is 6.20. The highest BCUT2D eigenvalue weighted by Gasteiger charge is 2.34. The molecule has 38 heavy (non-hydrogen) atoms. The van der Waals surface area contributed by atoms with Gasteiger partial charge in [0.25, 0.3) is 5.56 Å². The minimum absolute atomic E-state index is 0.0448. The second-order valence-corrected chi connectivity index (χ2v) is 8.85. The van der Waals surface area contributed by atoms with Crippen LogP contribution in [0.25, 0.3) is 22.4 Å². The number of carbonyl (C=O) groups excluding carboxylic acids is 1. The molecule has 0 bridgehead atoms. The number of fused-ring (bicyclic) bond motifs is 1. The van der Waals surface area contributed by atoms with Crippen molar-refractivity contribution in [2.75, 3.05) is 18.5 Å². The molecule has 0 aliphatic carbocycles. The van der Waals surface area contributed by atoms with Crippen LogP contribution in [0.15, 0.2) is 46.5 Å². The molecule has 15 heteroatoms. The number of aromatic nitrogens is 7. The Balaban J connectivity index is 1.41. The number of ether oxygens (including phenoxy) is 1. The Labute approximate surface area is 211 Å². The molecule has 1 fully saturated rings. The normalized spacial score (nSPS) is 14.9. The number of nitrogens with one attached hydrogen (secondary N) is 1. The number of imidazole rings is 1. The summed E-state index contributed by atoms with van der Waals surface area (Å²) in [6, 6.07) is 3.67. The monoisotopic (exact) mass is 530 g/mol. The fourth-order valence-electron chi connectivity index (χ4n) is 4.02. The van der Waals surface area contributed by atoms with Crippen molar-refractivity contribution >= 4 is 22.9 Å². The van der Waals surface area contributed by atoms with Crippen molar-refractivity contribution in [3.05, 3.63) is 63.6 Å². The summed E-state index contributed by atoms with van der Waals surface area (Å²) in [5.41, 5.74) is -0.363. The molecule has 1 aliphatic heterocycles. The van der Waals surface area contributed by atoms with Gasteiger partial charge in [0.15, 0.2) is 11.2 Å². The topological polar surface area (TPSA) is 139 Å². The van der Waals surface area contributed by atoms with Gasteiger partial charge in [0.1, 0.15) is 11.9 Å². The van der Waals surface area contributed by atoms with Crippen LogP contribution in [0.3, 0.4) is 0 Å². The van der Waals surface area contributed by atoms with Crippen LogP contribution < -0.4 is 16.6 Å². The number of pyridine rings is 1. The molecule has 12 nitrogen and oxygen atoms in total. The van der Waals surface area contributed by atoms with E-state index in [0.29, 0.717) is 13.2 Å². The maximum atomic E-state index is 13.3. The van der Waals surface area contributed by atoms with E-state index in [9.17, 15) is 27.6 Å². The maximum Gasteiger partial charge on any atom is 0.451 e. The van der Waals surface area contributed by atoms with Crippen molar-refractivity contribution in [2.24, 2.45) is 13.0 Å². The zero-order valence-corrected chi connectivity index (χ0v) is 20.1. The molecule has 4 aromatic heterocycles. The minimum Gasteiger partial charge on any atom is -0.381 e. The largest absolute Gasteiger partial charge is 0.451 e. The van der Waals surface area contributed by atoms with Crippen LogP contribution in [0, 0.1) is 5.92 Å². The molecular formula is C23H21F3N8O4. The van der Waals surface area contributed by atoms with E-state index in [0.717, 1.165) is 17.0 Å². The van der Waals surface area contributed by atoms with Crippen LogP contribution in [-0.2, 0) is 29.3 Å². The Morgan fingerprint density at radius 1 is 1.18 bits per heavy atom. The summed E-state index contributed by atoms with van der Waals surface area (Å²) in [6.45, 7) is 2.66. The lowest BCUT2D eigenvalue weighted by Gasteiger charge is -2.26. The van der Waals surface area contributed by atoms with Gasteiger partial charge in [-0.2, -0.15) is 13.2 Å². The first kappa shape index (κ1) is 25.3. The lowest BCUT2D eigenvalue weighted by atomic mass is 10.1. The van der Waals surface area contributed by atoms with E-state index in [1.807, 2.05) is 0 Å². The molecule has 1 N–H and O–H groups in total. The number of halogens is 3. The number of hydrogen-bond donors (Lipinski definition) is 1. The van der Waals surface area contributed by atoms with E-state index in [2.05, 4.69) is 25.3 Å². The summed E-state index contributed by atoms with van der Waals surface area (Å²) in [7, 11) is 1.50. The Morgan fingerprint density at radius 2 is 1.89 bits per heavy atom. The first-order valence-electron chi connectivity index (χ1n) is 11.5. The average Bonchev–Trinajstić information content (AvgIpc) is 3.31. The number of nitrogens with zero attached hydrogens (tertiary/aromatic N) is 7. The van der Waals surface area contributed by atoms with Crippen LogP contribution in [0.2, 0.25) is 0 Å². The van der Waals surface area contributed by atoms with E-state index >= 15 is 0 Å². The molecule has 1 unspecified atom stereocenters. The molecule has 5 rings (SSSR count). The number of anilines is 1. The van der Waals surface area contributed by atoms with Gasteiger partial charge in [0.2, 0.25) is 11.7 Å². The number of rotatable bonds is 6. The molecule has 1 saturated heterocycles. The van der Waals surface area contributed by atoms with Gasteiger partial charge in [-0.15, -0.1) is 0 Å². The van der Waals surface area contributed by atoms with Gasteiger partial charge >= 0.3 is 11.9 Å². The van der Waals surface area contributed by atoms with Crippen LogP contribution in [-0.4, -0.2) is 52.8 Å². The zero-order chi connectivity index (χ0) is 27.2. The van der Waals surface area contributed by atoms with Gasteiger partial charge in [0.05, 0.1) is 25.2 Å². The molecular weight excluding hydrogens is 509 g/mol. The molecule has 1 aliphatic rings. The van der Waals surface area contributed by atoms with Crippen molar-refractivity contribution in [1.29, 1.82) is 0 Å². The lowest BCUT2D eigenvalue weighted by Crippen LogP contribution is -2.44. The van der Waals surface area contributed by atoms with Crippen LogP contribution >= 0.6 is 0 Å². The average molecular weight is 530 g/mol. The molecule has 1 atom stereocenters.